The molecule has 4 nitrogen and oxygen atoms in total. The number of para-hydroxylation sites is 1. The molecular weight excluding hydrogens is 272 g/mol. The number of rotatable bonds is 2. The summed E-state index contributed by atoms with van der Waals surface area (Å²) in [7, 11) is 0. The van der Waals surface area contributed by atoms with Gasteiger partial charge in [-0.05, 0) is 38.5 Å². The van der Waals surface area contributed by atoms with Crippen molar-refractivity contribution in [1.29, 1.82) is 0 Å². The number of aromatic nitrogens is 3. The Morgan fingerprint density at radius 2 is 1.75 bits per heavy atom. The highest BCUT2D eigenvalue weighted by molar-refractivity contribution is 6.33. The average molecular weight is 287 g/mol. The summed E-state index contributed by atoms with van der Waals surface area (Å²) in [5.74, 6) is 0.848. The van der Waals surface area contributed by atoms with Crippen LogP contribution in [0.25, 0.3) is 11.0 Å². The van der Waals surface area contributed by atoms with Crippen LogP contribution in [0.4, 0.5) is 5.69 Å². The number of benzene rings is 1. The van der Waals surface area contributed by atoms with Crippen LogP contribution in [0, 0.1) is 20.8 Å². The quantitative estimate of drug-likeness (QED) is 0.727. The van der Waals surface area contributed by atoms with Gasteiger partial charge in [-0.1, -0.05) is 29.8 Å². The zero-order valence-corrected chi connectivity index (χ0v) is 12.4. The van der Waals surface area contributed by atoms with E-state index in [-0.39, 0.29) is 0 Å². The first-order chi connectivity index (χ1) is 9.58. The minimum Gasteiger partial charge on any atom is -0.293 e. The fourth-order valence-electron chi connectivity index (χ4n) is 2.26. The molecule has 1 N–H and O–H groups in total. The Hall–Kier alpha value is -2.07. The fraction of sp³-hybridized carbons (Fsp3) is 0.200. The molecule has 0 saturated heterocycles. The number of nitrogens with one attached hydrogen (secondary N) is 1. The molecule has 20 heavy (non-hydrogen) atoms. The summed E-state index contributed by atoms with van der Waals surface area (Å²) < 4.78 is 1.96. The van der Waals surface area contributed by atoms with Gasteiger partial charge < -0.3 is 0 Å². The zero-order chi connectivity index (χ0) is 14.3. The molecule has 0 saturated carbocycles. The first-order valence-electron chi connectivity index (χ1n) is 6.41. The molecule has 102 valence electrons. The lowest BCUT2D eigenvalue weighted by atomic mass is 10.2. The first-order valence-corrected chi connectivity index (χ1v) is 6.79. The van der Waals surface area contributed by atoms with Crippen molar-refractivity contribution in [1.82, 2.24) is 14.6 Å². The SMILES string of the molecule is Cc1nc(Cl)c2nc(C)n(Nc3ccccc3)c2c1C. The Morgan fingerprint density at radius 3 is 2.45 bits per heavy atom. The Bertz CT molecular complexity index is 778. The van der Waals surface area contributed by atoms with E-state index in [0.29, 0.717) is 5.15 Å². The molecule has 0 aliphatic heterocycles. The molecular formula is C15H15ClN4. The number of hydrogen-bond donors (Lipinski definition) is 1. The van der Waals surface area contributed by atoms with Gasteiger partial charge >= 0.3 is 0 Å². The van der Waals surface area contributed by atoms with Crippen LogP contribution in [0.1, 0.15) is 17.1 Å². The number of aryl methyl sites for hydroxylation is 3. The van der Waals surface area contributed by atoms with Crippen molar-refractivity contribution in [3.63, 3.8) is 0 Å². The van der Waals surface area contributed by atoms with Crippen LogP contribution in [0.5, 0.6) is 0 Å². The van der Waals surface area contributed by atoms with Crippen molar-refractivity contribution in [2.24, 2.45) is 0 Å². The van der Waals surface area contributed by atoms with Crippen LogP contribution in [0.15, 0.2) is 30.3 Å². The summed E-state index contributed by atoms with van der Waals surface area (Å²) >= 11 is 6.21. The van der Waals surface area contributed by atoms with Crippen LogP contribution in [-0.2, 0) is 0 Å². The van der Waals surface area contributed by atoms with E-state index < -0.39 is 0 Å². The zero-order valence-electron chi connectivity index (χ0n) is 11.6. The van der Waals surface area contributed by atoms with Crippen molar-refractivity contribution < 1.29 is 0 Å². The number of anilines is 1. The monoisotopic (exact) mass is 286 g/mol. The summed E-state index contributed by atoms with van der Waals surface area (Å²) in [5, 5.41) is 0.444. The Balaban J connectivity index is 2.23. The van der Waals surface area contributed by atoms with Gasteiger partial charge in [0, 0.05) is 5.69 Å². The summed E-state index contributed by atoms with van der Waals surface area (Å²) in [5.41, 5.74) is 8.06. The minimum atomic E-state index is 0.444. The summed E-state index contributed by atoms with van der Waals surface area (Å²) in [4.78, 5) is 8.84. The van der Waals surface area contributed by atoms with Crippen LogP contribution >= 0.6 is 11.6 Å². The molecule has 0 aliphatic rings. The van der Waals surface area contributed by atoms with Gasteiger partial charge in [0.1, 0.15) is 11.3 Å². The maximum Gasteiger partial charge on any atom is 0.157 e. The van der Waals surface area contributed by atoms with E-state index in [2.05, 4.69) is 15.4 Å². The second-order valence-electron chi connectivity index (χ2n) is 4.78. The molecule has 0 bridgehead atoms. The second kappa shape index (κ2) is 4.80. The number of imidazole rings is 1. The van der Waals surface area contributed by atoms with Crippen molar-refractivity contribution in [3.8, 4) is 0 Å². The number of hydrogen-bond acceptors (Lipinski definition) is 3. The van der Waals surface area contributed by atoms with E-state index in [9.17, 15) is 0 Å². The Morgan fingerprint density at radius 1 is 1.05 bits per heavy atom. The molecule has 0 fully saturated rings. The highest BCUT2D eigenvalue weighted by atomic mass is 35.5. The van der Waals surface area contributed by atoms with Crippen molar-refractivity contribution >= 4 is 28.3 Å². The number of nitrogens with zero attached hydrogens (tertiary/aromatic N) is 3. The molecule has 0 unspecified atom stereocenters. The third-order valence-corrected chi connectivity index (χ3v) is 3.68. The molecule has 1 aromatic carbocycles. The van der Waals surface area contributed by atoms with Crippen LogP contribution in [-0.4, -0.2) is 14.6 Å². The van der Waals surface area contributed by atoms with E-state index in [1.54, 1.807) is 0 Å². The predicted octanol–water partition coefficient (Wildman–Crippen LogP) is 3.89. The van der Waals surface area contributed by atoms with Gasteiger partial charge in [-0.15, -0.1) is 0 Å². The van der Waals surface area contributed by atoms with Crippen molar-refractivity contribution in [2.75, 3.05) is 5.43 Å². The third-order valence-electron chi connectivity index (χ3n) is 3.42. The van der Waals surface area contributed by atoms with Gasteiger partial charge in [0.2, 0.25) is 0 Å². The summed E-state index contributed by atoms with van der Waals surface area (Å²) in [6, 6.07) is 9.99. The normalized spacial score (nSPS) is 11.0. The number of pyridine rings is 1. The van der Waals surface area contributed by atoms with Gasteiger partial charge in [0.05, 0.1) is 11.2 Å². The number of fused-ring (bicyclic) bond motifs is 1. The lowest BCUT2D eigenvalue weighted by Gasteiger charge is -2.12. The molecule has 3 rings (SSSR count). The average Bonchev–Trinajstić information content (AvgIpc) is 2.76. The van der Waals surface area contributed by atoms with Crippen molar-refractivity contribution in [2.45, 2.75) is 20.8 Å². The fourth-order valence-corrected chi connectivity index (χ4v) is 2.51. The molecule has 2 heterocycles. The summed E-state index contributed by atoms with van der Waals surface area (Å²) in [6.07, 6.45) is 0. The third kappa shape index (κ3) is 2.02. The van der Waals surface area contributed by atoms with E-state index in [4.69, 9.17) is 11.6 Å². The molecule has 0 radical (unpaired) electrons. The van der Waals surface area contributed by atoms with Crippen molar-refractivity contribution in [3.05, 3.63) is 52.6 Å². The van der Waals surface area contributed by atoms with Gasteiger partial charge in [-0.25, -0.2) is 14.6 Å². The van der Waals surface area contributed by atoms with Gasteiger partial charge in [-0.2, -0.15) is 0 Å². The van der Waals surface area contributed by atoms with Gasteiger partial charge in [0.15, 0.2) is 5.15 Å². The largest absolute Gasteiger partial charge is 0.293 e. The second-order valence-corrected chi connectivity index (χ2v) is 5.14. The molecule has 0 atom stereocenters. The standard InChI is InChI=1S/C15H15ClN4/c1-9-10(2)17-15(16)13-14(9)20(11(3)18-13)19-12-7-5-4-6-8-12/h4-8,19H,1-3H3. The lowest BCUT2D eigenvalue weighted by Crippen LogP contribution is -2.11. The molecule has 5 heteroatoms. The Labute approximate surface area is 122 Å². The Kier molecular flexibility index (Phi) is 3.10. The van der Waals surface area contributed by atoms with E-state index >= 15 is 0 Å². The van der Waals surface area contributed by atoms with Crippen LogP contribution in [0.3, 0.4) is 0 Å². The van der Waals surface area contributed by atoms with E-state index in [0.717, 1.165) is 33.8 Å². The molecule has 3 aromatic rings. The van der Waals surface area contributed by atoms with Crippen LogP contribution in [0.2, 0.25) is 5.15 Å². The first kappa shape index (κ1) is 12.9. The number of halogens is 1. The minimum absolute atomic E-state index is 0.444. The molecule has 2 aromatic heterocycles. The van der Waals surface area contributed by atoms with Gasteiger partial charge in [-0.3, -0.25) is 5.43 Å². The summed E-state index contributed by atoms with van der Waals surface area (Å²) in [6.45, 7) is 5.93. The van der Waals surface area contributed by atoms with Crippen LogP contribution < -0.4 is 5.43 Å². The lowest BCUT2D eigenvalue weighted by molar-refractivity contribution is 0.917. The highest BCUT2D eigenvalue weighted by Crippen LogP contribution is 2.27. The predicted molar refractivity (Wildman–Crippen MR) is 82.2 cm³/mol. The topological polar surface area (TPSA) is 42.7 Å². The molecule has 0 aliphatic carbocycles. The van der Waals surface area contributed by atoms with E-state index in [1.165, 1.54) is 0 Å². The van der Waals surface area contributed by atoms with E-state index in [1.807, 2.05) is 55.8 Å². The maximum absolute atomic E-state index is 6.21. The smallest absolute Gasteiger partial charge is 0.157 e. The molecule has 0 amide bonds. The highest BCUT2D eigenvalue weighted by Gasteiger charge is 2.16. The molecule has 0 spiro atoms. The maximum atomic E-state index is 6.21. The van der Waals surface area contributed by atoms with Gasteiger partial charge in [0.25, 0.3) is 0 Å².